The van der Waals surface area contributed by atoms with Crippen molar-refractivity contribution in [2.75, 3.05) is 75.9 Å². The molecule has 0 radical (unpaired) electrons. The maximum Gasteiger partial charge on any atom is 0.274 e. The molecule has 1 aliphatic rings. The lowest BCUT2D eigenvalue weighted by molar-refractivity contribution is 0.102. The first kappa shape index (κ1) is 20.0. The van der Waals surface area contributed by atoms with Gasteiger partial charge in [-0.25, -0.2) is 9.97 Å². The number of nitrogens with zero attached hydrogens (tertiary/aromatic N) is 5. The summed E-state index contributed by atoms with van der Waals surface area (Å²) in [7, 11) is 6.15. The van der Waals surface area contributed by atoms with Gasteiger partial charge < -0.3 is 25.3 Å². The molecule has 1 aromatic heterocycles. The predicted molar refractivity (Wildman–Crippen MR) is 113 cm³/mol. The van der Waals surface area contributed by atoms with Gasteiger partial charge >= 0.3 is 0 Å². The van der Waals surface area contributed by atoms with E-state index < -0.39 is 0 Å². The van der Waals surface area contributed by atoms with E-state index in [0.717, 1.165) is 38.4 Å². The van der Waals surface area contributed by atoms with Crippen LogP contribution in [0.4, 0.5) is 17.3 Å². The monoisotopic (exact) mass is 383 g/mol. The average molecular weight is 384 g/mol. The van der Waals surface area contributed by atoms with E-state index in [0.29, 0.717) is 18.2 Å². The molecule has 1 fully saturated rings. The molecule has 1 amide bonds. The number of amides is 1. The van der Waals surface area contributed by atoms with Crippen molar-refractivity contribution in [2.45, 2.75) is 0 Å². The summed E-state index contributed by atoms with van der Waals surface area (Å²) in [4.78, 5) is 27.7. The van der Waals surface area contributed by atoms with Crippen LogP contribution in [0.5, 0.6) is 0 Å². The topological polar surface area (TPSA) is 76.6 Å². The lowest BCUT2D eigenvalue weighted by atomic mass is 10.2. The second-order valence-corrected chi connectivity index (χ2v) is 7.29. The lowest BCUT2D eigenvalue weighted by Gasteiger charge is -2.34. The van der Waals surface area contributed by atoms with Crippen LogP contribution >= 0.6 is 0 Å². The molecule has 28 heavy (non-hydrogen) atoms. The summed E-state index contributed by atoms with van der Waals surface area (Å²) in [6.45, 7) is 5.75. The molecule has 2 heterocycles. The summed E-state index contributed by atoms with van der Waals surface area (Å²) >= 11 is 0. The smallest absolute Gasteiger partial charge is 0.274 e. The Labute approximate surface area is 166 Å². The number of piperazine rings is 1. The van der Waals surface area contributed by atoms with Crippen LogP contribution in [-0.2, 0) is 0 Å². The van der Waals surface area contributed by atoms with Crippen molar-refractivity contribution < 1.29 is 4.79 Å². The number of aromatic nitrogens is 2. The number of benzene rings is 1. The van der Waals surface area contributed by atoms with Gasteiger partial charge in [0.05, 0.1) is 0 Å². The fourth-order valence-corrected chi connectivity index (χ4v) is 2.98. The third-order valence-electron chi connectivity index (χ3n) is 4.72. The van der Waals surface area contributed by atoms with Crippen LogP contribution in [-0.4, -0.2) is 86.1 Å². The standard InChI is InChI=1S/C20H29N7O/c1-25(2)11-10-22-20-21-9-8-18(24-20)19(28)23-16-4-6-17(7-5-16)27-14-12-26(3)13-15-27/h4-9H,10-15H2,1-3H3,(H,23,28)(H,21,22,24). The summed E-state index contributed by atoms with van der Waals surface area (Å²) in [6.07, 6.45) is 1.59. The highest BCUT2D eigenvalue weighted by Gasteiger charge is 2.14. The summed E-state index contributed by atoms with van der Waals surface area (Å²) in [6, 6.07) is 9.58. The number of likely N-dealkylation sites (N-methyl/N-ethyl adjacent to an activating group) is 2. The molecule has 2 aromatic rings. The molecule has 0 unspecified atom stereocenters. The Morgan fingerprint density at radius 3 is 2.50 bits per heavy atom. The highest BCUT2D eigenvalue weighted by Crippen LogP contribution is 2.19. The molecule has 2 N–H and O–H groups in total. The Bertz CT molecular complexity index is 770. The first-order chi connectivity index (χ1) is 13.5. The molecule has 150 valence electrons. The first-order valence-electron chi connectivity index (χ1n) is 9.58. The van der Waals surface area contributed by atoms with Crippen LogP contribution in [0.2, 0.25) is 0 Å². The molecule has 0 bridgehead atoms. The number of carbonyl (C=O) groups excluding carboxylic acids is 1. The fourth-order valence-electron chi connectivity index (χ4n) is 2.98. The minimum atomic E-state index is -0.245. The van der Waals surface area contributed by atoms with Crippen LogP contribution in [0.25, 0.3) is 0 Å². The summed E-state index contributed by atoms with van der Waals surface area (Å²) in [5.74, 6) is 0.213. The molecule has 1 saturated heterocycles. The zero-order valence-corrected chi connectivity index (χ0v) is 16.9. The Kier molecular flexibility index (Phi) is 6.78. The Morgan fingerprint density at radius 2 is 1.82 bits per heavy atom. The summed E-state index contributed by atoms with van der Waals surface area (Å²) < 4.78 is 0. The van der Waals surface area contributed by atoms with Crippen LogP contribution in [0.3, 0.4) is 0 Å². The van der Waals surface area contributed by atoms with E-state index in [-0.39, 0.29) is 5.91 Å². The average Bonchev–Trinajstić information content (AvgIpc) is 2.69. The summed E-state index contributed by atoms with van der Waals surface area (Å²) in [5, 5.41) is 6.03. The van der Waals surface area contributed by atoms with Gasteiger partial charge in [-0.2, -0.15) is 0 Å². The second-order valence-electron chi connectivity index (χ2n) is 7.29. The molecule has 1 aliphatic heterocycles. The number of hydrogen-bond acceptors (Lipinski definition) is 7. The molecule has 0 spiro atoms. The zero-order chi connectivity index (χ0) is 19.9. The molecule has 0 aliphatic carbocycles. The predicted octanol–water partition coefficient (Wildman–Crippen LogP) is 1.45. The van der Waals surface area contributed by atoms with Crippen molar-refractivity contribution in [3.63, 3.8) is 0 Å². The van der Waals surface area contributed by atoms with Crippen LogP contribution in [0.1, 0.15) is 10.5 Å². The number of hydrogen-bond donors (Lipinski definition) is 2. The minimum absolute atomic E-state index is 0.245. The molecule has 8 nitrogen and oxygen atoms in total. The molecular weight excluding hydrogens is 354 g/mol. The van der Waals surface area contributed by atoms with Gasteiger partial charge in [0.2, 0.25) is 5.95 Å². The van der Waals surface area contributed by atoms with Crippen LogP contribution < -0.4 is 15.5 Å². The largest absolute Gasteiger partial charge is 0.369 e. The third-order valence-corrected chi connectivity index (χ3v) is 4.72. The van der Waals surface area contributed by atoms with Crippen LogP contribution in [0.15, 0.2) is 36.5 Å². The lowest BCUT2D eigenvalue weighted by Crippen LogP contribution is -2.44. The van der Waals surface area contributed by atoms with E-state index in [4.69, 9.17) is 0 Å². The van der Waals surface area contributed by atoms with Gasteiger partial charge in [0.25, 0.3) is 5.91 Å². The van der Waals surface area contributed by atoms with Gasteiger partial charge in [0.15, 0.2) is 0 Å². The normalized spacial score (nSPS) is 14.9. The molecule has 0 atom stereocenters. The van der Waals surface area contributed by atoms with Gasteiger partial charge in [-0.1, -0.05) is 0 Å². The van der Waals surface area contributed by atoms with Gasteiger partial charge in [-0.05, 0) is 51.5 Å². The summed E-state index contributed by atoms with van der Waals surface area (Å²) in [5.41, 5.74) is 2.27. The van der Waals surface area contributed by atoms with E-state index in [1.165, 1.54) is 5.69 Å². The first-order valence-corrected chi connectivity index (χ1v) is 9.58. The number of rotatable bonds is 7. The van der Waals surface area contributed by atoms with Gasteiger partial charge in [-0.3, -0.25) is 4.79 Å². The van der Waals surface area contributed by atoms with Gasteiger partial charge in [-0.15, -0.1) is 0 Å². The SMILES string of the molecule is CN(C)CCNc1nccc(C(=O)Nc2ccc(N3CCN(C)CC3)cc2)n1. The zero-order valence-electron chi connectivity index (χ0n) is 16.9. The second kappa shape index (κ2) is 9.48. The van der Waals surface area contributed by atoms with E-state index in [1.807, 2.05) is 26.2 Å². The Morgan fingerprint density at radius 1 is 1.11 bits per heavy atom. The van der Waals surface area contributed by atoms with E-state index in [1.54, 1.807) is 12.3 Å². The molecule has 8 heteroatoms. The highest BCUT2D eigenvalue weighted by atomic mass is 16.1. The third kappa shape index (κ3) is 5.64. The van der Waals surface area contributed by atoms with E-state index in [9.17, 15) is 4.79 Å². The van der Waals surface area contributed by atoms with Crippen molar-refractivity contribution >= 4 is 23.2 Å². The van der Waals surface area contributed by atoms with E-state index in [2.05, 4.69) is 54.5 Å². The van der Waals surface area contributed by atoms with Gasteiger partial charge in [0.1, 0.15) is 5.69 Å². The number of nitrogens with one attached hydrogen (secondary N) is 2. The van der Waals surface area contributed by atoms with Crippen molar-refractivity contribution in [1.29, 1.82) is 0 Å². The maximum atomic E-state index is 12.5. The van der Waals surface area contributed by atoms with Crippen molar-refractivity contribution in [3.8, 4) is 0 Å². The molecular formula is C20H29N7O. The molecule has 1 aromatic carbocycles. The van der Waals surface area contributed by atoms with Crippen molar-refractivity contribution in [3.05, 3.63) is 42.2 Å². The van der Waals surface area contributed by atoms with E-state index >= 15 is 0 Å². The highest BCUT2D eigenvalue weighted by molar-refractivity contribution is 6.03. The quantitative estimate of drug-likeness (QED) is 0.749. The minimum Gasteiger partial charge on any atom is -0.369 e. The number of anilines is 3. The Balaban J connectivity index is 1.57. The van der Waals surface area contributed by atoms with Crippen molar-refractivity contribution in [2.24, 2.45) is 0 Å². The maximum absolute atomic E-state index is 12.5. The fraction of sp³-hybridized carbons (Fsp3) is 0.450. The molecule has 3 rings (SSSR count). The van der Waals surface area contributed by atoms with Gasteiger partial charge in [0, 0.05) is 56.8 Å². The number of carbonyl (C=O) groups is 1. The van der Waals surface area contributed by atoms with Crippen LogP contribution in [0, 0.1) is 0 Å². The molecule has 0 saturated carbocycles. The Hall–Kier alpha value is -2.71. The van der Waals surface area contributed by atoms with Crippen molar-refractivity contribution in [1.82, 2.24) is 19.8 Å².